The minimum Gasteiger partial charge on any atom is -0.493 e. The smallest absolute Gasteiger partial charge is 0.236 e. The molecule has 2 saturated heterocycles. The van der Waals surface area contributed by atoms with Crippen LogP contribution in [0.5, 0.6) is 11.5 Å². The molecular weight excluding hydrogens is 437 g/mol. The van der Waals surface area contributed by atoms with E-state index in [1.54, 1.807) is 26.4 Å². The van der Waals surface area contributed by atoms with Gasteiger partial charge in [0, 0.05) is 45.8 Å². The van der Waals surface area contributed by atoms with Crippen LogP contribution >= 0.6 is 0 Å². The van der Waals surface area contributed by atoms with Gasteiger partial charge in [0.25, 0.3) is 0 Å². The summed E-state index contributed by atoms with van der Waals surface area (Å²) in [6.45, 7) is 8.31. The van der Waals surface area contributed by atoms with Crippen LogP contribution in [0.25, 0.3) is 0 Å². The number of benzene rings is 2. The number of amides is 1. The van der Waals surface area contributed by atoms with Gasteiger partial charge in [0.15, 0.2) is 11.5 Å². The van der Waals surface area contributed by atoms with E-state index >= 15 is 0 Å². The van der Waals surface area contributed by atoms with Gasteiger partial charge < -0.3 is 19.1 Å². The predicted molar refractivity (Wildman–Crippen MR) is 128 cm³/mol. The second-order valence-electron chi connectivity index (χ2n) is 8.94. The zero-order valence-corrected chi connectivity index (χ0v) is 20.3. The minimum atomic E-state index is -0.257. The number of hydrogen-bond acceptors (Lipinski definition) is 6. The molecule has 7 nitrogen and oxygen atoms in total. The molecule has 2 heterocycles. The van der Waals surface area contributed by atoms with E-state index in [9.17, 15) is 9.18 Å². The first-order valence-electron chi connectivity index (χ1n) is 11.8. The monoisotopic (exact) mass is 471 g/mol. The summed E-state index contributed by atoms with van der Waals surface area (Å²) in [6, 6.07) is 10.5. The average Bonchev–Trinajstić information content (AvgIpc) is 2.86. The van der Waals surface area contributed by atoms with Crippen LogP contribution in [0.3, 0.4) is 0 Å². The number of carbonyl (C=O) groups excluding carboxylic acids is 1. The molecule has 0 aromatic heterocycles. The van der Waals surface area contributed by atoms with Gasteiger partial charge >= 0.3 is 0 Å². The summed E-state index contributed by atoms with van der Waals surface area (Å²) in [5.41, 5.74) is 3.31. The van der Waals surface area contributed by atoms with Crippen molar-refractivity contribution in [2.75, 3.05) is 66.6 Å². The van der Waals surface area contributed by atoms with Crippen molar-refractivity contribution >= 4 is 5.91 Å². The quantitative estimate of drug-likeness (QED) is 0.619. The number of halogens is 1. The number of hydrogen-bond donors (Lipinski definition) is 0. The molecule has 2 aliphatic rings. The Labute approximate surface area is 201 Å². The number of piperazine rings is 1. The fraction of sp³-hybridized carbons (Fsp3) is 0.500. The summed E-state index contributed by atoms with van der Waals surface area (Å²) >= 11 is 0. The van der Waals surface area contributed by atoms with Crippen LogP contribution in [-0.2, 0) is 16.1 Å². The first-order chi connectivity index (χ1) is 16.5. The molecular formula is C26H34FN3O4. The first-order valence-corrected chi connectivity index (χ1v) is 11.8. The van der Waals surface area contributed by atoms with Gasteiger partial charge in [-0.15, -0.1) is 0 Å². The van der Waals surface area contributed by atoms with Crippen LogP contribution in [0.15, 0.2) is 36.4 Å². The number of carbonyl (C=O) groups is 1. The zero-order chi connectivity index (χ0) is 24.1. The first kappa shape index (κ1) is 24.4. The molecule has 1 amide bonds. The molecule has 4 rings (SSSR count). The third-order valence-electron chi connectivity index (χ3n) is 6.71. The third kappa shape index (κ3) is 5.87. The summed E-state index contributed by atoms with van der Waals surface area (Å²) in [7, 11) is 3.30. The Balaban J connectivity index is 1.27. The van der Waals surface area contributed by atoms with Crippen molar-refractivity contribution < 1.29 is 23.4 Å². The average molecular weight is 472 g/mol. The molecule has 0 saturated carbocycles. The number of methoxy groups -OCH3 is 2. The summed E-state index contributed by atoms with van der Waals surface area (Å²) in [4.78, 5) is 19.4. The highest BCUT2D eigenvalue weighted by Crippen LogP contribution is 2.31. The van der Waals surface area contributed by atoms with Crippen LogP contribution in [0.2, 0.25) is 0 Å². The molecule has 1 atom stereocenters. The fourth-order valence-corrected chi connectivity index (χ4v) is 4.61. The molecule has 8 heteroatoms. The van der Waals surface area contributed by atoms with E-state index in [1.807, 2.05) is 17.0 Å². The summed E-state index contributed by atoms with van der Waals surface area (Å²) in [6.07, 6.45) is -0.135. The molecule has 0 unspecified atom stereocenters. The van der Waals surface area contributed by atoms with Gasteiger partial charge in [0.05, 0.1) is 33.5 Å². The van der Waals surface area contributed by atoms with E-state index in [-0.39, 0.29) is 17.8 Å². The maximum absolute atomic E-state index is 13.2. The molecule has 0 N–H and O–H groups in total. The highest BCUT2D eigenvalue weighted by atomic mass is 19.1. The predicted octanol–water partition coefficient (Wildman–Crippen LogP) is 2.87. The Kier molecular flexibility index (Phi) is 8.03. The van der Waals surface area contributed by atoms with Crippen molar-refractivity contribution in [1.82, 2.24) is 14.7 Å². The molecule has 0 radical (unpaired) electrons. The van der Waals surface area contributed by atoms with Crippen LogP contribution in [0, 0.1) is 12.7 Å². The Hall–Kier alpha value is -2.68. The van der Waals surface area contributed by atoms with Crippen molar-refractivity contribution in [3.05, 3.63) is 58.9 Å². The lowest BCUT2D eigenvalue weighted by Crippen LogP contribution is -2.52. The topological polar surface area (TPSA) is 54.5 Å². The van der Waals surface area contributed by atoms with Crippen LogP contribution in [-0.4, -0.2) is 87.2 Å². The number of ether oxygens (including phenoxy) is 3. The van der Waals surface area contributed by atoms with E-state index in [0.717, 1.165) is 56.3 Å². The summed E-state index contributed by atoms with van der Waals surface area (Å²) in [5.74, 6) is 1.37. The highest BCUT2D eigenvalue weighted by Gasteiger charge is 2.27. The van der Waals surface area contributed by atoms with Gasteiger partial charge in [-0.3, -0.25) is 14.6 Å². The number of aryl methyl sites for hydroxylation is 1. The SMILES string of the molecule is COc1cc(C)c(CN2CCN(C(=O)CN3CCO[C@@H](c4ccc(F)cc4)C3)CC2)cc1OC. The lowest BCUT2D eigenvalue weighted by Gasteiger charge is -2.37. The lowest BCUT2D eigenvalue weighted by molar-refractivity contribution is -0.136. The van der Waals surface area contributed by atoms with E-state index in [0.29, 0.717) is 19.7 Å². The Morgan fingerprint density at radius 3 is 2.35 bits per heavy atom. The van der Waals surface area contributed by atoms with Gasteiger partial charge in [0.2, 0.25) is 5.91 Å². The Morgan fingerprint density at radius 1 is 1.00 bits per heavy atom. The molecule has 0 aliphatic carbocycles. The molecule has 2 aromatic carbocycles. The molecule has 2 fully saturated rings. The number of nitrogens with zero attached hydrogens (tertiary/aromatic N) is 3. The van der Waals surface area contributed by atoms with Crippen molar-refractivity contribution in [3.63, 3.8) is 0 Å². The lowest BCUT2D eigenvalue weighted by atomic mass is 10.1. The van der Waals surface area contributed by atoms with Crippen LogP contribution < -0.4 is 9.47 Å². The maximum Gasteiger partial charge on any atom is 0.236 e. The van der Waals surface area contributed by atoms with E-state index in [1.165, 1.54) is 23.3 Å². The zero-order valence-electron chi connectivity index (χ0n) is 20.3. The highest BCUT2D eigenvalue weighted by molar-refractivity contribution is 5.78. The van der Waals surface area contributed by atoms with Crippen molar-refractivity contribution in [1.29, 1.82) is 0 Å². The maximum atomic E-state index is 13.2. The van der Waals surface area contributed by atoms with Gasteiger partial charge in [-0.05, 0) is 47.9 Å². The van der Waals surface area contributed by atoms with E-state index in [4.69, 9.17) is 14.2 Å². The number of morpholine rings is 1. The Bertz CT molecular complexity index is 977. The second-order valence-corrected chi connectivity index (χ2v) is 8.94. The van der Waals surface area contributed by atoms with E-state index < -0.39 is 0 Å². The van der Waals surface area contributed by atoms with Gasteiger partial charge in [-0.1, -0.05) is 12.1 Å². The fourth-order valence-electron chi connectivity index (χ4n) is 4.61. The molecule has 34 heavy (non-hydrogen) atoms. The minimum absolute atomic E-state index is 0.135. The molecule has 0 bridgehead atoms. The van der Waals surface area contributed by atoms with Crippen molar-refractivity contribution in [2.45, 2.75) is 19.6 Å². The summed E-state index contributed by atoms with van der Waals surface area (Å²) < 4.78 is 29.9. The van der Waals surface area contributed by atoms with Crippen LogP contribution in [0.1, 0.15) is 22.8 Å². The standard InChI is InChI=1S/C26H34FN3O4/c1-19-14-23(32-2)24(33-3)15-21(19)16-28-8-10-30(11-9-28)26(31)18-29-12-13-34-25(17-29)20-4-6-22(27)7-5-20/h4-7,14-15,25H,8-13,16-18H2,1-3H3/t25-/m1/s1. The third-order valence-corrected chi connectivity index (χ3v) is 6.71. The second kappa shape index (κ2) is 11.2. The van der Waals surface area contributed by atoms with Crippen LogP contribution in [0.4, 0.5) is 4.39 Å². The molecule has 184 valence electrons. The normalized spacial score (nSPS) is 19.8. The Morgan fingerprint density at radius 2 is 1.68 bits per heavy atom. The molecule has 0 spiro atoms. The van der Waals surface area contributed by atoms with E-state index in [2.05, 4.69) is 16.7 Å². The van der Waals surface area contributed by atoms with Crippen molar-refractivity contribution in [2.24, 2.45) is 0 Å². The van der Waals surface area contributed by atoms with Gasteiger partial charge in [-0.2, -0.15) is 0 Å². The van der Waals surface area contributed by atoms with Gasteiger partial charge in [-0.25, -0.2) is 4.39 Å². The summed E-state index contributed by atoms with van der Waals surface area (Å²) in [5, 5.41) is 0. The molecule has 2 aliphatic heterocycles. The molecule has 2 aromatic rings. The van der Waals surface area contributed by atoms with Gasteiger partial charge in [0.1, 0.15) is 5.82 Å². The largest absolute Gasteiger partial charge is 0.493 e. The number of rotatable bonds is 7. The van der Waals surface area contributed by atoms with Crippen molar-refractivity contribution in [3.8, 4) is 11.5 Å².